The van der Waals surface area contributed by atoms with Crippen LogP contribution in [-0.2, 0) is 29.0 Å². The average Bonchev–Trinajstić information content (AvgIpc) is 2.77. The van der Waals surface area contributed by atoms with Crippen LogP contribution in [0.5, 0.6) is 0 Å². The van der Waals surface area contributed by atoms with Gasteiger partial charge in [-0.3, -0.25) is 9.59 Å². The maximum absolute atomic E-state index is 13.2. The molecule has 0 aliphatic heterocycles. The number of amides is 2. The maximum Gasteiger partial charge on any atom is 0.242 e. The van der Waals surface area contributed by atoms with Crippen LogP contribution in [0.15, 0.2) is 48.5 Å². The van der Waals surface area contributed by atoms with Crippen molar-refractivity contribution in [1.82, 2.24) is 10.2 Å². The van der Waals surface area contributed by atoms with E-state index in [4.69, 9.17) is 0 Å². The second-order valence-electron chi connectivity index (χ2n) is 7.89. The maximum atomic E-state index is 13.2. The second-order valence-corrected chi connectivity index (χ2v) is 7.89. The average molecular weight is 409 g/mol. The molecule has 0 unspecified atom stereocenters. The van der Waals surface area contributed by atoms with Crippen molar-refractivity contribution in [2.24, 2.45) is 0 Å². The minimum absolute atomic E-state index is 0.0219. The van der Waals surface area contributed by atoms with Gasteiger partial charge in [0, 0.05) is 19.5 Å². The summed E-state index contributed by atoms with van der Waals surface area (Å²) in [6.07, 6.45) is 3.56. The van der Waals surface area contributed by atoms with E-state index < -0.39 is 6.04 Å². The second kappa shape index (κ2) is 12.2. The fourth-order valence-corrected chi connectivity index (χ4v) is 3.51. The van der Waals surface area contributed by atoms with Crippen LogP contribution < -0.4 is 5.32 Å². The number of nitrogens with one attached hydrogen (secondary N) is 1. The molecule has 2 aromatic carbocycles. The number of rotatable bonds is 11. The molecule has 0 aliphatic rings. The number of carbonyl (C=O) groups is 2. The topological polar surface area (TPSA) is 49.4 Å². The number of hydrogen-bond acceptors (Lipinski definition) is 2. The molecule has 0 aromatic heterocycles. The molecule has 30 heavy (non-hydrogen) atoms. The van der Waals surface area contributed by atoms with Gasteiger partial charge in [-0.25, -0.2) is 0 Å². The lowest BCUT2D eigenvalue weighted by Crippen LogP contribution is -2.49. The van der Waals surface area contributed by atoms with Gasteiger partial charge < -0.3 is 10.2 Å². The fraction of sp³-hybridized carbons (Fsp3) is 0.462. The molecule has 4 heteroatoms. The summed E-state index contributed by atoms with van der Waals surface area (Å²) >= 11 is 0. The van der Waals surface area contributed by atoms with E-state index in [0.29, 0.717) is 32.4 Å². The first-order valence-corrected chi connectivity index (χ1v) is 11.2. The van der Waals surface area contributed by atoms with Crippen molar-refractivity contribution in [3.8, 4) is 0 Å². The predicted molar refractivity (Wildman–Crippen MR) is 123 cm³/mol. The lowest BCUT2D eigenvalue weighted by Gasteiger charge is -2.31. The molecule has 1 atom stereocenters. The van der Waals surface area contributed by atoms with E-state index in [2.05, 4.69) is 36.5 Å². The van der Waals surface area contributed by atoms with Crippen LogP contribution in [0.4, 0.5) is 0 Å². The van der Waals surface area contributed by atoms with Crippen LogP contribution in [0.25, 0.3) is 0 Å². The van der Waals surface area contributed by atoms with Gasteiger partial charge in [-0.1, -0.05) is 74.9 Å². The Kier molecular flexibility index (Phi) is 9.59. The number of hydrogen-bond donors (Lipinski definition) is 1. The molecule has 2 rings (SSSR count). The van der Waals surface area contributed by atoms with Crippen LogP contribution in [0.1, 0.15) is 62.3 Å². The quantitative estimate of drug-likeness (QED) is 0.579. The Bertz CT molecular complexity index is 797. The van der Waals surface area contributed by atoms with Gasteiger partial charge in [0.1, 0.15) is 6.04 Å². The molecule has 162 valence electrons. The number of benzene rings is 2. The molecule has 0 heterocycles. The molecule has 0 spiro atoms. The third-order valence-electron chi connectivity index (χ3n) is 5.47. The van der Waals surface area contributed by atoms with Gasteiger partial charge in [0.15, 0.2) is 0 Å². The monoisotopic (exact) mass is 408 g/mol. The van der Waals surface area contributed by atoms with Crippen molar-refractivity contribution in [3.63, 3.8) is 0 Å². The lowest BCUT2D eigenvalue weighted by molar-refractivity contribution is -0.141. The first kappa shape index (κ1) is 23.7. The van der Waals surface area contributed by atoms with E-state index >= 15 is 0 Å². The molecular formula is C26H36N2O2. The molecule has 0 saturated carbocycles. The first-order valence-electron chi connectivity index (χ1n) is 11.2. The Balaban J connectivity index is 2.15. The van der Waals surface area contributed by atoms with Gasteiger partial charge in [0.25, 0.3) is 0 Å². The zero-order valence-corrected chi connectivity index (χ0v) is 18.9. The van der Waals surface area contributed by atoms with Crippen molar-refractivity contribution >= 4 is 11.8 Å². The highest BCUT2D eigenvalue weighted by molar-refractivity contribution is 5.87. The SMILES string of the molecule is CCCNC(=O)[C@@H](CC)N(Cc1ccc(C)cc1)C(=O)CCc1ccc(CC)cc1. The zero-order valence-electron chi connectivity index (χ0n) is 18.9. The van der Waals surface area contributed by atoms with Gasteiger partial charge in [0.05, 0.1) is 0 Å². The van der Waals surface area contributed by atoms with Gasteiger partial charge >= 0.3 is 0 Å². The minimum Gasteiger partial charge on any atom is -0.354 e. The Morgan fingerprint density at radius 3 is 2.07 bits per heavy atom. The standard InChI is InChI=1S/C26H36N2O2/c1-5-18-27-26(30)24(7-3)28(19-23-10-8-20(4)9-11-23)25(29)17-16-22-14-12-21(6-2)13-15-22/h8-15,24H,5-7,16-19H2,1-4H3,(H,27,30)/t24-/m1/s1. The normalized spacial score (nSPS) is 11.7. The van der Waals surface area contributed by atoms with Crippen LogP contribution in [0.3, 0.4) is 0 Å². The van der Waals surface area contributed by atoms with E-state index in [1.807, 2.05) is 45.0 Å². The lowest BCUT2D eigenvalue weighted by atomic mass is 10.0. The van der Waals surface area contributed by atoms with Crippen LogP contribution >= 0.6 is 0 Å². The summed E-state index contributed by atoms with van der Waals surface area (Å²) in [5.74, 6) is -0.0410. The van der Waals surface area contributed by atoms with Crippen molar-refractivity contribution in [2.45, 2.75) is 72.4 Å². The summed E-state index contributed by atoms with van der Waals surface area (Å²) in [5.41, 5.74) is 4.67. The molecule has 2 aromatic rings. The largest absolute Gasteiger partial charge is 0.354 e. The van der Waals surface area contributed by atoms with E-state index in [9.17, 15) is 9.59 Å². The molecule has 0 radical (unpaired) electrons. The van der Waals surface area contributed by atoms with Crippen molar-refractivity contribution in [2.75, 3.05) is 6.54 Å². The van der Waals surface area contributed by atoms with E-state index in [1.54, 1.807) is 4.90 Å². The third kappa shape index (κ3) is 7.01. The Morgan fingerprint density at radius 2 is 1.50 bits per heavy atom. The highest BCUT2D eigenvalue weighted by atomic mass is 16.2. The minimum atomic E-state index is -0.451. The molecule has 1 N–H and O–H groups in total. The molecule has 0 aliphatic carbocycles. The van der Waals surface area contributed by atoms with Crippen molar-refractivity contribution in [1.29, 1.82) is 0 Å². The van der Waals surface area contributed by atoms with Crippen molar-refractivity contribution in [3.05, 3.63) is 70.8 Å². The van der Waals surface area contributed by atoms with Gasteiger partial charge in [-0.05, 0) is 49.3 Å². The van der Waals surface area contributed by atoms with Gasteiger partial charge in [0.2, 0.25) is 11.8 Å². The number of nitrogens with zero attached hydrogens (tertiary/aromatic N) is 1. The summed E-state index contributed by atoms with van der Waals surface area (Å²) in [4.78, 5) is 27.8. The fourth-order valence-electron chi connectivity index (χ4n) is 3.51. The Labute approximate surface area is 181 Å². The molecule has 0 saturated heterocycles. The van der Waals surface area contributed by atoms with Crippen LogP contribution in [0.2, 0.25) is 0 Å². The Hall–Kier alpha value is -2.62. The predicted octanol–water partition coefficient (Wildman–Crippen LogP) is 4.82. The summed E-state index contributed by atoms with van der Waals surface area (Å²) in [7, 11) is 0. The van der Waals surface area contributed by atoms with Crippen LogP contribution in [0, 0.1) is 6.92 Å². The van der Waals surface area contributed by atoms with Gasteiger partial charge in [-0.15, -0.1) is 0 Å². The third-order valence-corrected chi connectivity index (χ3v) is 5.47. The molecule has 4 nitrogen and oxygen atoms in total. The van der Waals surface area contributed by atoms with E-state index in [1.165, 1.54) is 11.1 Å². The molecular weight excluding hydrogens is 372 g/mol. The Morgan fingerprint density at radius 1 is 0.900 bits per heavy atom. The van der Waals surface area contributed by atoms with Crippen molar-refractivity contribution < 1.29 is 9.59 Å². The van der Waals surface area contributed by atoms with E-state index in [-0.39, 0.29) is 11.8 Å². The number of aryl methyl sites for hydroxylation is 3. The summed E-state index contributed by atoms with van der Waals surface area (Å²) in [6, 6.07) is 16.2. The smallest absolute Gasteiger partial charge is 0.242 e. The summed E-state index contributed by atoms with van der Waals surface area (Å²) < 4.78 is 0. The molecule has 0 fully saturated rings. The summed E-state index contributed by atoms with van der Waals surface area (Å²) in [5, 5.41) is 2.97. The highest BCUT2D eigenvalue weighted by Gasteiger charge is 2.28. The highest BCUT2D eigenvalue weighted by Crippen LogP contribution is 2.16. The molecule has 0 bridgehead atoms. The van der Waals surface area contributed by atoms with E-state index in [0.717, 1.165) is 24.0 Å². The zero-order chi connectivity index (χ0) is 21.9. The van der Waals surface area contributed by atoms with Crippen LogP contribution in [-0.4, -0.2) is 29.3 Å². The molecule has 2 amide bonds. The number of carbonyl (C=O) groups excluding carboxylic acids is 2. The first-order chi connectivity index (χ1) is 14.5. The summed E-state index contributed by atoms with van der Waals surface area (Å²) in [6.45, 7) is 9.26. The van der Waals surface area contributed by atoms with Gasteiger partial charge in [-0.2, -0.15) is 0 Å².